The van der Waals surface area contributed by atoms with Gasteiger partial charge in [-0.2, -0.15) is 0 Å². The van der Waals surface area contributed by atoms with Gasteiger partial charge < -0.3 is 19.5 Å². The third-order valence-electron chi connectivity index (χ3n) is 8.60. The summed E-state index contributed by atoms with van der Waals surface area (Å²) in [6.07, 6.45) is 4.25. The number of imidazole rings is 1. The van der Waals surface area contributed by atoms with E-state index in [1.54, 1.807) is 34.9 Å². The summed E-state index contributed by atoms with van der Waals surface area (Å²) in [5.41, 5.74) is 3.37. The van der Waals surface area contributed by atoms with Gasteiger partial charge in [0.1, 0.15) is 17.5 Å². The van der Waals surface area contributed by atoms with Crippen LogP contribution in [-0.2, 0) is 29.0 Å². The smallest absolute Gasteiger partial charge is 0.345 e. The van der Waals surface area contributed by atoms with Crippen molar-refractivity contribution in [1.29, 1.82) is 0 Å². The molecule has 0 fully saturated rings. The lowest BCUT2D eigenvalue weighted by atomic mass is 10.1. The van der Waals surface area contributed by atoms with Crippen LogP contribution >= 0.6 is 0 Å². The van der Waals surface area contributed by atoms with Crippen LogP contribution in [0.25, 0.3) is 17.0 Å². The molecule has 0 bridgehead atoms. The van der Waals surface area contributed by atoms with E-state index in [2.05, 4.69) is 22.3 Å². The molecular weight excluding hydrogens is 621 g/mol. The zero-order valence-corrected chi connectivity index (χ0v) is 28.6. The zero-order valence-electron chi connectivity index (χ0n) is 28.6. The van der Waals surface area contributed by atoms with Gasteiger partial charge in [-0.25, -0.2) is 18.6 Å². The molecule has 10 heteroatoms. The SMILES string of the molecule is CCCC(=O)Nc1ccc(-c2nc3n(Cc4ccccc4F)cc(C(=O)OC(CC)CC)c(=O)n3c2CN(C)CCc2ccccc2)cc1. The maximum absolute atomic E-state index is 15.0. The van der Waals surface area contributed by atoms with Gasteiger partial charge in [0.15, 0.2) is 0 Å². The normalized spacial score (nSPS) is 11.4. The molecule has 0 aliphatic heterocycles. The predicted octanol–water partition coefficient (Wildman–Crippen LogP) is 7.11. The minimum atomic E-state index is -0.728. The lowest BCUT2D eigenvalue weighted by Gasteiger charge is -2.18. The van der Waals surface area contributed by atoms with Crippen molar-refractivity contribution in [3.05, 3.63) is 124 Å². The quantitative estimate of drug-likeness (QED) is 0.120. The monoisotopic (exact) mass is 665 g/mol. The summed E-state index contributed by atoms with van der Waals surface area (Å²) in [7, 11) is 1.97. The average Bonchev–Trinajstić information content (AvgIpc) is 3.48. The fraction of sp³-hybridized carbons (Fsp3) is 0.333. The number of halogens is 1. The van der Waals surface area contributed by atoms with Crippen LogP contribution in [0, 0.1) is 5.82 Å². The van der Waals surface area contributed by atoms with Gasteiger partial charge in [-0.05, 0) is 56.5 Å². The third-order valence-corrected chi connectivity index (χ3v) is 8.60. The van der Waals surface area contributed by atoms with Crippen molar-refractivity contribution in [2.75, 3.05) is 18.9 Å². The molecular formula is C39H44FN5O4. The number of benzene rings is 3. The van der Waals surface area contributed by atoms with Crippen LogP contribution < -0.4 is 10.9 Å². The second kappa shape index (κ2) is 16.3. The van der Waals surface area contributed by atoms with E-state index in [4.69, 9.17) is 9.72 Å². The number of ether oxygens (including phenoxy) is 1. The number of carbonyl (C=O) groups is 2. The predicted molar refractivity (Wildman–Crippen MR) is 190 cm³/mol. The van der Waals surface area contributed by atoms with Crippen molar-refractivity contribution in [1.82, 2.24) is 18.9 Å². The first kappa shape index (κ1) is 35.2. The first-order chi connectivity index (χ1) is 23.7. The van der Waals surface area contributed by atoms with Crippen molar-refractivity contribution < 1.29 is 18.7 Å². The fourth-order valence-corrected chi connectivity index (χ4v) is 5.81. The molecule has 0 radical (unpaired) electrons. The highest BCUT2D eigenvalue weighted by Gasteiger charge is 2.26. The Morgan fingerprint density at radius 3 is 2.33 bits per heavy atom. The van der Waals surface area contributed by atoms with Crippen molar-refractivity contribution in [3.8, 4) is 11.3 Å². The van der Waals surface area contributed by atoms with Gasteiger partial charge in [0, 0.05) is 42.5 Å². The summed E-state index contributed by atoms with van der Waals surface area (Å²) in [5, 5.41) is 2.91. The number of aromatic nitrogens is 3. The highest BCUT2D eigenvalue weighted by atomic mass is 19.1. The minimum Gasteiger partial charge on any atom is -0.459 e. The molecule has 49 heavy (non-hydrogen) atoms. The Labute approximate surface area is 286 Å². The van der Waals surface area contributed by atoms with Gasteiger partial charge >= 0.3 is 5.97 Å². The number of esters is 1. The molecule has 0 saturated heterocycles. The Morgan fingerprint density at radius 1 is 0.959 bits per heavy atom. The van der Waals surface area contributed by atoms with E-state index in [0.29, 0.717) is 55.0 Å². The number of nitrogens with one attached hydrogen (secondary N) is 1. The van der Waals surface area contributed by atoms with Crippen LogP contribution in [0.15, 0.2) is 89.9 Å². The summed E-state index contributed by atoms with van der Waals surface area (Å²) < 4.78 is 23.8. The molecule has 0 aliphatic rings. The number of rotatable bonds is 15. The summed E-state index contributed by atoms with van der Waals surface area (Å²) >= 11 is 0. The average molecular weight is 666 g/mol. The second-order valence-corrected chi connectivity index (χ2v) is 12.3. The molecule has 256 valence electrons. The zero-order chi connectivity index (χ0) is 34.9. The number of hydrogen-bond acceptors (Lipinski definition) is 6. The van der Waals surface area contributed by atoms with Gasteiger partial charge in [0.25, 0.3) is 5.56 Å². The molecule has 5 rings (SSSR count). The van der Waals surface area contributed by atoms with Crippen molar-refractivity contribution in [3.63, 3.8) is 0 Å². The van der Waals surface area contributed by atoms with Crippen LogP contribution in [0.2, 0.25) is 0 Å². The molecule has 0 spiro atoms. The van der Waals surface area contributed by atoms with Crippen LogP contribution in [0.5, 0.6) is 0 Å². The Kier molecular flexibility index (Phi) is 11.7. The van der Waals surface area contributed by atoms with E-state index in [9.17, 15) is 18.8 Å². The lowest BCUT2D eigenvalue weighted by Crippen LogP contribution is -2.31. The van der Waals surface area contributed by atoms with Gasteiger partial charge in [0.05, 0.1) is 17.9 Å². The van der Waals surface area contributed by atoms with E-state index in [1.807, 2.05) is 58.2 Å². The van der Waals surface area contributed by atoms with Crippen LogP contribution in [0.1, 0.15) is 73.6 Å². The molecule has 9 nitrogen and oxygen atoms in total. The molecule has 1 N–H and O–H groups in total. The molecule has 0 aliphatic carbocycles. The largest absolute Gasteiger partial charge is 0.459 e. The first-order valence-corrected chi connectivity index (χ1v) is 16.9. The lowest BCUT2D eigenvalue weighted by molar-refractivity contribution is -0.116. The first-order valence-electron chi connectivity index (χ1n) is 16.9. The van der Waals surface area contributed by atoms with Gasteiger partial charge in [0.2, 0.25) is 11.7 Å². The number of nitrogens with zero attached hydrogens (tertiary/aromatic N) is 4. The molecule has 2 aromatic heterocycles. The number of likely N-dealkylation sites (N-methyl/N-ethyl adjacent to an activating group) is 1. The van der Waals surface area contributed by atoms with Crippen molar-refractivity contribution in [2.24, 2.45) is 0 Å². The maximum atomic E-state index is 15.0. The van der Waals surface area contributed by atoms with E-state index in [-0.39, 0.29) is 29.9 Å². The van der Waals surface area contributed by atoms with Crippen molar-refractivity contribution in [2.45, 2.75) is 72.1 Å². The highest BCUT2D eigenvalue weighted by molar-refractivity contribution is 5.91. The van der Waals surface area contributed by atoms with Gasteiger partial charge in [-0.3, -0.25) is 9.59 Å². The summed E-state index contributed by atoms with van der Waals surface area (Å²) in [6, 6.07) is 23.9. The van der Waals surface area contributed by atoms with E-state index in [0.717, 1.165) is 18.4 Å². The van der Waals surface area contributed by atoms with E-state index >= 15 is 0 Å². The summed E-state index contributed by atoms with van der Waals surface area (Å²) in [6.45, 7) is 6.85. The highest BCUT2D eigenvalue weighted by Crippen LogP contribution is 2.27. The third kappa shape index (κ3) is 8.50. The van der Waals surface area contributed by atoms with E-state index < -0.39 is 17.3 Å². The summed E-state index contributed by atoms with van der Waals surface area (Å²) in [4.78, 5) is 47.2. The van der Waals surface area contributed by atoms with E-state index in [1.165, 1.54) is 22.2 Å². The fourth-order valence-electron chi connectivity index (χ4n) is 5.81. The molecule has 1 amide bonds. The number of fused-ring (bicyclic) bond motifs is 1. The maximum Gasteiger partial charge on any atom is 0.345 e. The van der Waals surface area contributed by atoms with Crippen LogP contribution in [0.3, 0.4) is 0 Å². The number of carbonyl (C=O) groups excluding carboxylic acids is 2. The molecule has 0 unspecified atom stereocenters. The van der Waals surface area contributed by atoms with Crippen LogP contribution in [-0.4, -0.2) is 50.4 Å². The van der Waals surface area contributed by atoms with Crippen molar-refractivity contribution >= 4 is 23.3 Å². The van der Waals surface area contributed by atoms with Gasteiger partial charge in [-0.1, -0.05) is 81.4 Å². The number of amides is 1. The molecule has 0 atom stereocenters. The summed E-state index contributed by atoms with van der Waals surface area (Å²) in [5.74, 6) is -0.932. The van der Waals surface area contributed by atoms with Gasteiger partial charge in [-0.15, -0.1) is 0 Å². The Balaban J connectivity index is 1.66. The number of hydrogen-bond donors (Lipinski definition) is 1. The molecule has 0 saturated carbocycles. The molecule has 5 aromatic rings. The standard InChI is InChI=1S/C39H44FN5O4/c1-5-13-35(46)41-30-20-18-28(19-21-30)36-34(26-43(4)23-22-27-14-9-8-10-15-27)45-37(47)32(38(48)49-31(6-2)7-3)25-44(39(45)42-36)24-29-16-11-12-17-33(29)40/h8-12,14-21,25,31H,5-7,13,22-24,26H2,1-4H3,(H,41,46). The second-order valence-electron chi connectivity index (χ2n) is 12.3. The number of anilines is 1. The molecule has 2 heterocycles. The topological polar surface area (TPSA) is 97.9 Å². The Hall–Kier alpha value is -5.09. The molecule has 3 aromatic carbocycles. The van der Waals surface area contributed by atoms with Crippen LogP contribution in [0.4, 0.5) is 10.1 Å². The Bertz CT molecular complexity index is 1950. The Morgan fingerprint density at radius 2 is 1.65 bits per heavy atom. The minimum absolute atomic E-state index is 0.0316.